The van der Waals surface area contributed by atoms with E-state index < -0.39 is 0 Å². The fourth-order valence-corrected chi connectivity index (χ4v) is 3.10. The number of hydrogen-bond acceptors (Lipinski definition) is 0. The summed E-state index contributed by atoms with van der Waals surface area (Å²) < 4.78 is 11.9. The van der Waals surface area contributed by atoms with Crippen molar-refractivity contribution >= 4 is 0 Å². The summed E-state index contributed by atoms with van der Waals surface area (Å²) in [4.78, 5) is 0. The minimum Gasteiger partial charge on any atom is -0.251 e. The molecule has 0 aliphatic carbocycles. The number of rotatable bonds is 19. The molecule has 1 heteroatoms. The monoisotopic (exact) mass is 313 g/mol. The molecule has 0 aromatic heterocycles. The lowest BCUT2D eigenvalue weighted by Crippen LogP contribution is -1.84. The summed E-state index contributed by atoms with van der Waals surface area (Å²) in [5, 5.41) is 0. The first-order valence-electron chi connectivity index (χ1n) is 10.3. The van der Waals surface area contributed by atoms with Crippen LogP contribution in [0.15, 0.2) is 0 Å². The molecule has 0 aromatic carbocycles. The highest BCUT2D eigenvalue weighted by molar-refractivity contribution is 4.51. The van der Waals surface area contributed by atoms with Crippen LogP contribution in [0.2, 0.25) is 0 Å². The molecule has 0 unspecified atom stereocenters. The minimum atomic E-state index is -0.128. The molecule has 0 rings (SSSR count). The van der Waals surface area contributed by atoms with Crippen molar-refractivity contribution in [3.63, 3.8) is 0 Å². The van der Waals surface area contributed by atoms with Crippen LogP contribution in [0.25, 0.3) is 0 Å². The second-order valence-electron chi connectivity index (χ2n) is 6.91. The van der Waals surface area contributed by atoms with E-state index >= 15 is 0 Å². The van der Waals surface area contributed by atoms with Crippen LogP contribution in [-0.2, 0) is 0 Å². The Kier molecular flexibility index (Phi) is 20.9. The second kappa shape index (κ2) is 20.9. The van der Waals surface area contributed by atoms with E-state index in [4.69, 9.17) is 0 Å². The molecular weight excluding hydrogens is 271 g/mol. The van der Waals surface area contributed by atoms with Crippen LogP contribution in [-0.4, -0.2) is 6.67 Å². The van der Waals surface area contributed by atoms with Gasteiger partial charge in [0.1, 0.15) is 0 Å². The molecule has 0 heterocycles. The third kappa shape index (κ3) is 19.9. The Morgan fingerprint density at radius 3 is 0.818 bits per heavy atom. The first-order chi connectivity index (χ1) is 10.9. The van der Waals surface area contributed by atoms with E-state index in [2.05, 4.69) is 6.92 Å². The van der Waals surface area contributed by atoms with Crippen molar-refractivity contribution < 1.29 is 4.39 Å². The smallest absolute Gasteiger partial charge is 0.0894 e. The first kappa shape index (κ1) is 21.9. The maximum absolute atomic E-state index is 11.9. The molecule has 0 saturated carbocycles. The Bertz CT molecular complexity index is 159. The summed E-state index contributed by atoms with van der Waals surface area (Å²) in [6.07, 6.45) is 25.3. The Hall–Kier alpha value is -0.0700. The highest BCUT2D eigenvalue weighted by atomic mass is 19.1. The van der Waals surface area contributed by atoms with Crippen LogP contribution in [0.3, 0.4) is 0 Å². The summed E-state index contributed by atoms with van der Waals surface area (Å²) in [5.74, 6) is 0. The molecule has 0 amide bonds. The van der Waals surface area contributed by atoms with Gasteiger partial charge in [-0.3, -0.25) is 4.39 Å². The Labute approximate surface area is 140 Å². The first-order valence-corrected chi connectivity index (χ1v) is 10.3. The minimum absolute atomic E-state index is 0.128. The van der Waals surface area contributed by atoms with Gasteiger partial charge in [-0.05, 0) is 6.42 Å². The average molecular weight is 314 g/mol. The van der Waals surface area contributed by atoms with E-state index in [1.807, 2.05) is 0 Å². The summed E-state index contributed by atoms with van der Waals surface area (Å²) in [6.45, 7) is 3.76. The van der Waals surface area contributed by atoms with Gasteiger partial charge in [0, 0.05) is 0 Å². The Morgan fingerprint density at radius 1 is 0.364 bits per heavy atom. The van der Waals surface area contributed by atoms with Crippen molar-refractivity contribution in [3.05, 3.63) is 6.92 Å². The molecule has 0 atom stereocenters. The predicted octanol–water partition coefficient (Wildman–Crippen LogP) is 8.20. The maximum Gasteiger partial charge on any atom is 0.0894 e. The normalized spacial score (nSPS) is 11.2. The SMILES string of the molecule is [CH2]CCCCCCCCCCCCCCCCCCCCF. The van der Waals surface area contributed by atoms with Gasteiger partial charge < -0.3 is 0 Å². The van der Waals surface area contributed by atoms with Crippen LogP contribution in [0, 0.1) is 6.92 Å². The van der Waals surface area contributed by atoms with Crippen LogP contribution in [0.1, 0.15) is 122 Å². The molecule has 0 aliphatic rings. The third-order valence-electron chi connectivity index (χ3n) is 4.63. The van der Waals surface area contributed by atoms with Crippen molar-refractivity contribution in [2.45, 2.75) is 122 Å². The van der Waals surface area contributed by atoms with Gasteiger partial charge in [-0.25, -0.2) is 0 Å². The van der Waals surface area contributed by atoms with Gasteiger partial charge in [-0.1, -0.05) is 122 Å². The lowest BCUT2D eigenvalue weighted by molar-refractivity contribution is 0.448. The van der Waals surface area contributed by atoms with Gasteiger partial charge >= 0.3 is 0 Å². The lowest BCUT2D eigenvalue weighted by atomic mass is 10.0. The third-order valence-corrected chi connectivity index (χ3v) is 4.63. The summed E-state index contributed by atoms with van der Waals surface area (Å²) in [5.41, 5.74) is 0. The van der Waals surface area contributed by atoms with Gasteiger partial charge in [0.2, 0.25) is 0 Å². The Balaban J connectivity index is 2.91. The van der Waals surface area contributed by atoms with Gasteiger partial charge in [-0.2, -0.15) is 0 Å². The predicted molar refractivity (Wildman–Crippen MR) is 99.1 cm³/mol. The standard InChI is InChI=1S/C21H42F/c1-2-3-4-5-6-7-8-9-10-11-12-13-14-15-16-17-18-19-20-21-22/h1-21H2. The van der Waals surface area contributed by atoms with E-state index in [9.17, 15) is 4.39 Å². The van der Waals surface area contributed by atoms with E-state index in [0.717, 1.165) is 19.3 Å². The zero-order chi connectivity index (χ0) is 16.1. The van der Waals surface area contributed by atoms with Gasteiger partial charge in [-0.15, -0.1) is 0 Å². The molecule has 0 aromatic rings. The van der Waals surface area contributed by atoms with Gasteiger partial charge in [0.15, 0.2) is 0 Å². The molecule has 0 spiro atoms. The lowest BCUT2D eigenvalue weighted by Gasteiger charge is -2.03. The largest absolute Gasteiger partial charge is 0.251 e. The van der Waals surface area contributed by atoms with Crippen molar-refractivity contribution in [3.8, 4) is 0 Å². The quantitative estimate of drug-likeness (QED) is 0.211. The molecule has 0 aliphatic heterocycles. The van der Waals surface area contributed by atoms with Crippen LogP contribution in [0.5, 0.6) is 0 Å². The maximum atomic E-state index is 11.9. The van der Waals surface area contributed by atoms with Crippen LogP contribution >= 0.6 is 0 Å². The molecule has 0 nitrogen and oxygen atoms in total. The van der Waals surface area contributed by atoms with Crippen LogP contribution < -0.4 is 0 Å². The fourth-order valence-electron chi connectivity index (χ4n) is 3.10. The molecule has 0 saturated heterocycles. The van der Waals surface area contributed by atoms with Gasteiger partial charge in [0.25, 0.3) is 0 Å². The molecular formula is C21H42F. The summed E-state index contributed by atoms with van der Waals surface area (Å²) in [7, 11) is 0. The molecule has 0 N–H and O–H groups in total. The Morgan fingerprint density at radius 2 is 0.591 bits per heavy atom. The topological polar surface area (TPSA) is 0 Å². The fraction of sp³-hybridized carbons (Fsp3) is 0.952. The molecule has 0 bridgehead atoms. The molecule has 133 valence electrons. The van der Waals surface area contributed by atoms with Gasteiger partial charge in [0.05, 0.1) is 6.67 Å². The van der Waals surface area contributed by atoms with Crippen molar-refractivity contribution in [1.29, 1.82) is 0 Å². The molecule has 1 radical (unpaired) electrons. The number of halogens is 1. The highest BCUT2D eigenvalue weighted by Crippen LogP contribution is 2.14. The number of alkyl halides is 1. The van der Waals surface area contributed by atoms with Crippen molar-refractivity contribution in [2.24, 2.45) is 0 Å². The van der Waals surface area contributed by atoms with E-state index in [1.165, 1.54) is 103 Å². The second-order valence-corrected chi connectivity index (χ2v) is 6.91. The zero-order valence-electron chi connectivity index (χ0n) is 15.2. The van der Waals surface area contributed by atoms with Crippen molar-refractivity contribution in [1.82, 2.24) is 0 Å². The highest BCUT2D eigenvalue weighted by Gasteiger charge is 1.95. The average Bonchev–Trinajstić information content (AvgIpc) is 2.54. The van der Waals surface area contributed by atoms with Crippen molar-refractivity contribution in [2.75, 3.05) is 6.67 Å². The summed E-state index contributed by atoms with van der Waals surface area (Å²) in [6, 6.07) is 0. The van der Waals surface area contributed by atoms with E-state index in [0.29, 0.717) is 0 Å². The van der Waals surface area contributed by atoms with Crippen LogP contribution in [0.4, 0.5) is 4.39 Å². The molecule has 22 heavy (non-hydrogen) atoms. The number of hydrogen-bond donors (Lipinski definition) is 0. The zero-order valence-corrected chi connectivity index (χ0v) is 15.2. The van der Waals surface area contributed by atoms with E-state index in [1.54, 1.807) is 0 Å². The molecule has 0 fully saturated rings. The van der Waals surface area contributed by atoms with E-state index in [-0.39, 0.29) is 6.67 Å². The number of unbranched alkanes of at least 4 members (excludes halogenated alkanes) is 18. The summed E-state index contributed by atoms with van der Waals surface area (Å²) >= 11 is 0.